The predicted molar refractivity (Wildman–Crippen MR) is 200 cm³/mol. The summed E-state index contributed by atoms with van der Waals surface area (Å²) in [6.07, 6.45) is 8.53. The lowest BCUT2D eigenvalue weighted by Gasteiger charge is -2.13. The van der Waals surface area contributed by atoms with Crippen LogP contribution in [0.15, 0.2) is 84.9 Å². The Balaban J connectivity index is 0.00000166. The average molecular weight is 665 g/mol. The number of carbonyl (C=O) groups excluding carboxylic acids is 1. The molecule has 46 heavy (non-hydrogen) atoms. The molecule has 0 bridgehead atoms. The standard InChI is InChI=1S/C32H32O6P2.3C2H6/c1-35-32(33)39(36-2)31-19-15-25(16-20-31)14-18-30-22-28-8-6-5-7-27(28)21-29(30)17-13-24-9-11-26(12-10-24)23-40(34,37-3)38-4;3*1-2/h5-22H,23H2,1-4H3;3*1-2H3/b17-13-,18-14-;;;. The third-order valence-electron chi connectivity index (χ3n) is 6.42. The van der Waals surface area contributed by atoms with Gasteiger partial charge in [-0.25, -0.2) is 4.79 Å². The molecule has 0 saturated carbocycles. The summed E-state index contributed by atoms with van der Waals surface area (Å²) in [5.41, 5.74) is 4.69. The van der Waals surface area contributed by atoms with Crippen molar-refractivity contribution < 1.29 is 27.7 Å². The highest BCUT2D eigenvalue weighted by Crippen LogP contribution is 2.49. The molecular formula is C38H50O6P2. The molecule has 248 valence electrons. The van der Waals surface area contributed by atoms with Crippen molar-refractivity contribution in [3.63, 3.8) is 0 Å². The van der Waals surface area contributed by atoms with Crippen LogP contribution in [0, 0.1) is 0 Å². The van der Waals surface area contributed by atoms with E-state index in [1.54, 1.807) is 0 Å². The van der Waals surface area contributed by atoms with E-state index in [1.807, 2.05) is 102 Å². The highest BCUT2D eigenvalue weighted by Gasteiger charge is 2.22. The van der Waals surface area contributed by atoms with Gasteiger partial charge in [0.05, 0.1) is 13.3 Å². The molecule has 1 unspecified atom stereocenters. The summed E-state index contributed by atoms with van der Waals surface area (Å²) < 4.78 is 32.8. The Bertz CT molecular complexity index is 1550. The van der Waals surface area contributed by atoms with Gasteiger partial charge in [0, 0.05) is 26.6 Å². The second kappa shape index (κ2) is 22.2. The van der Waals surface area contributed by atoms with Gasteiger partial charge in [-0.05, 0) is 50.7 Å². The van der Waals surface area contributed by atoms with Crippen LogP contribution < -0.4 is 5.30 Å². The zero-order valence-corrected chi connectivity index (χ0v) is 30.7. The minimum absolute atomic E-state index is 0.223. The lowest BCUT2D eigenvalue weighted by molar-refractivity contribution is 0.196. The van der Waals surface area contributed by atoms with Gasteiger partial charge in [-0.3, -0.25) is 4.57 Å². The van der Waals surface area contributed by atoms with Gasteiger partial charge in [0.25, 0.3) is 0 Å². The van der Waals surface area contributed by atoms with E-state index in [1.165, 1.54) is 28.4 Å². The number of rotatable bonds is 11. The number of hydrogen-bond donors (Lipinski definition) is 0. The third kappa shape index (κ3) is 12.1. The largest absolute Gasteiger partial charge is 0.464 e. The number of methoxy groups -OCH3 is 1. The van der Waals surface area contributed by atoms with Crippen LogP contribution >= 0.6 is 15.7 Å². The number of benzene rings is 4. The van der Waals surface area contributed by atoms with Gasteiger partial charge in [0.15, 0.2) is 8.15 Å². The molecule has 8 heteroatoms. The molecule has 0 heterocycles. The summed E-state index contributed by atoms with van der Waals surface area (Å²) >= 11 is 0. The highest BCUT2D eigenvalue weighted by molar-refractivity contribution is 7.76. The Labute approximate surface area is 277 Å². The molecule has 0 saturated heterocycles. The number of fused-ring (bicyclic) bond motifs is 1. The monoisotopic (exact) mass is 664 g/mol. The maximum atomic E-state index is 12.4. The number of ether oxygens (including phenoxy) is 1. The summed E-state index contributed by atoms with van der Waals surface area (Å²) in [6, 6.07) is 28.2. The molecule has 0 amide bonds. The molecule has 1 atom stereocenters. The molecule has 4 rings (SSSR count). The van der Waals surface area contributed by atoms with Crippen molar-refractivity contribution in [3.8, 4) is 0 Å². The highest BCUT2D eigenvalue weighted by atomic mass is 31.2. The Hall–Kier alpha value is -3.37. The molecule has 4 aromatic carbocycles. The summed E-state index contributed by atoms with van der Waals surface area (Å²) in [4.78, 5) is 12.0. The van der Waals surface area contributed by atoms with Crippen molar-refractivity contribution in [1.82, 2.24) is 0 Å². The molecule has 0 aromatic heterocycles. The topological polar surface area (TPSA) is 71.1 Å². The van der Waals surface area contributed by atoms with Crippen LogP contribution in [0.2, 0.25) is 0 Å². The Morgan fingerprint density at radius 3 is 1.48 bits per heavy atom. The smallest absolute Gasteiger partial charge is 0.358 e. The fourth-order valence-corrected chi connectivity index (χ4v) is 6.41. The SMILES string of the molecule is CC.CC.CC.COC(=O)P(OC)c1ccc(/C=C\c2cc3ccccc3cc2/C=C\c2ccc(CP(=O)(OC)OC)cc2)cc1. The van der Waals surface area contributed by atoms with Gasteiger partial charge < -0.3 is 18.3 Å². The van der Waals surface area contributed by atoms with Crippen molar-refractivity contribution in [1.29, 1.82) is 0 Å². The van der Waals surface area contributed by atoms with Crippen molar-refractivity contribution in [2.45, 2.75) is 47.7 Å². The van der Waals surface area contributed by atoms with E-state index in [0.717, 1.165) is 43.9 Å². The van der Waals surface area contributed by atoms with E-state index < -0.39 is 15.7 Å². The van der Waals surface area contributed by atoms with Crippen LogP contribution in [-0.2, 0) is 29.0 Å². The quantitative estimate of drug-likeness (QED) is 0.117. The van der Waals surface area contributed by atoms with E-state index >= 15 is 0 Å². The van der Waals surface area contributed by atoms with Crippen molar-refractivity contribution in [2.24, 2.45) is 0 Å². The Morgan fingerprint density at radius 2 is 1.09 bits per heavy atom. The van der Waals surface area contributed by atoms with Gasteiger partial charge in [-0.2, -0.15) is 0 Å². The molecule has 0 aliphatic carbocycles. The number of hydrogen-bond acceptors (Lipinski definition) is 6. The fraction of sp³-hybridized carbons (Fsp3) is 0.289. The zero-order valence-electron chi connectivity index (χ0n) is 28.9. The maximum Gasteiger partial charge on any atom is 0.358 e. The first kappa shape index (κ1) is 40.7. The predicted octanol–water partition coefficient (Wildman–Crippen LogP) is 11.7. The average Bonchev–Trinajstić information content (AvgIpc) is 3.13. The molecule has 0 fully saturated rings. The van der Waals surface area contributed by atoms with Crippen molar-refractivity contribution in [2.75, 3.05) is 28.4 Å². The van der Waals surface area contributed by atoms with Crippen molar-refractivity contribution in [3.05, 3.63) is 113 Å². The second-order valence-corrected chi connectivity index (χ2v) is 13.0. The Kier molecular flexibility index (Phi) is 19.6. The van der Waals surface area contributed by atoms with E-state index in [0.29, 0.717) is 0 Å². The maximum absolute atomic E-state index is 12.4. The molecule has 4 aromatic rings. The van der Waals surface area contributed by atoms with E-state index in [9.17, 15) is 9.36 Å². The second-order valence-electron chi connectivity index (χ2n) is 8.91. The van der Waals surface area contributed by atoms with Gasteiger partial charge in [0.2, 0.25) is 0 Å². The Morgan fingerprint density at radius 1 is 0.652 bits per heavy atom. The first-order chi connectivity index (χ1) is 22.4. The molecule has 0 radical (unpaired) electrons. The molecular weight excluding hydrogens is 614 g/mol. The summed E-state index contributed by atoms with van der Waals surface area (Å²) in [5, 5.41) is 3.11. The van der Waals surface area contributed by atoms with Gasteiger partial charge in [0.1, 0.15) is 0 Å². The van der Waals surface area contributed by atoms with E-state index in [4.69, 9.17) is 18.3 Å². The molecule has 0 N–H and O–H groups in total. The molecule has 0 spiro atoms. The minimum Gasteiger partial charge on any atom is -0.464 e. The lowest BCUT2D eigenvalue weighted by atomic mass is 9.99. The van der Waals surface area contributed by atoms with Crippen molar-refractivity contribution >= 4 is 61.8 Å². The first-order valence-electron chi connectivity index (χ1n) is 15.6. The molecule has 6 nitrogen and oxygen atoms in total. The normalized spacial score (nSPS) is 11.5. The van der Waals surface area contributed by atoms with Crippen LogP contribution in [-0.4, -0.2) is 34.1 Å². The fourth-order valence-electron chi connectivity index (χ4n) is 4.19. The first-order valence-corrected chi connectivity index (χ1v) is 18.6. The minimum atomic E-state index is -3.11. The lowest BCUT2D eigenvalue weighted by Crippen LogP contribution is -2.09. The molecule has 0 aliphatic heterocycles. The molecule has 0 aliphatic rings. The van der Waals surface area contributed by atoms with Gasteiger partial charge in [-0.15, -0.1) is 0 Å². The van der Waals surface area contributed by atoms with Crippen LogP contribution in [0.4, 0.5) is 4.79 Å². The van der Waals surface area contributed by atoms with Crippen LogP contribution in [0.1, 0.15) is 69.4 Å². The number of carbonyl (C=O) groups is 1. The summed E-state index contributed by atoms with van der Waals surface area (Å²) in [7, 11) is 1.10. The summed E-state index contributed by atoms with van der Waals surface area (Å²) in [5.74, 6) is 0. The van der Waals surface area contributed by atoms with Crippen LogP contribution in [0.25, 0.3) is 35.1 Å². The van der Waals surface area contributed by atoms with Crippen LogP contribution in [0.3, 0.4) is 0 Å². The van der Waals surface area contributed by atoms with E-state index in [-0.39, 0.29) is 11.9 Å². The van der Waals surface area contributed by atoms with Crippen LogP contribution in [0.5, 0.6) is 0 Å². The third-order valence-corrected chi connectivity index (χ3v) is 9.94. The zero-order chi connectivity index (χ0) is 34.5. The van der Waals surface area contributed by atoms with Gasteiger partial charge in [-0.1, -0.05) is 139 Å². The van der Waals surface area contributed by atoms with E-state index in [2.05, 4.69) is 48.6 Å². The summed E-state index contributed by atoms with van der Waals surface area (Å²) in [6.45, 7) is 12.0. The van der Waals surface area contributed by atoms with Gasteiger partial charge >= 0.3 is 13.3 Å².